The van der Waals surface area contributed by atoms with Crippen LogP contribution >= 0.6 is 11.3 Å². The van der Waals surface area contributed by atoms with Crippen molar-refractivity contribution >= 4 is 22.7 Å². The van der Waals surface area contributed by atoms with E-state index in [1.807, 2.05) is 6.07 Å². The fourth-order valence-corrected chi connectivity index (χ4v) is 3.39. The predicted octanol–water partition coefficient (Wildman–Crippen LogP) is 4.75. The highest BCUT2D eigenvalue weighted by atomic mass is 32.1. The Morgan fingerprint density at radius 2 is 2.00 bits per heavy atom. The van der Waals surface area contributed by atoms with E-state index in [1.54, 1.807) is 24.3 Å². The fraction of sp³-hybridized carbons (Fsp3) is 0.333. The van der Waals surface area contributed by atoms with Crippen molar-refractivity contribution in [2.24, 2.45) is 0 Å². The van der Waals surface area contributed by atoms with Crippen LogP contribution in [-0.4, -0.2) is 4.92 Å². The second-order valence-corrected chi connectivity index (χ2v) is 6.40. The number of hydrogen-bond acceptors (Lipinski definition) is 4. The lowest BCUT2D eigenvalue weighted by atomic mass is 10.1. The Hall–Kier alpha value is -1.88. The summed E-state index contributed by atoms with van der Waals surface area (Å²) in [7, 11) is 0. The summed E-state index contributed by atoms with van der Waals surface area (Å²) in [6.45, 7) is 8.05. The zero-order valence-corrected chi connectivity index (χ0v) is 12.9. The van der Waals surface area contributed by atoms with Crippen molar-refractivity contribution in [1.82, 2.24) is 0 Å². The maximum absolute atomic E-state index is 11.0. The summed E-state index contributed by atoms with van der Waals surface area (Å²) in [5.74, 6) is 0. The van der Waals surface area contributed by atoms with Crippen molar-refractivity contribution in [3.63, 3.8) is 0 Å². The summed E-state index contributed by atoms with van der Waals surface area (Å²) >= 11 is 1.77. The molecule has 2 aromatic rings. The third kappa shape index (κ3) is 2.82. The van der Waals surface area contributed by atoms with E-state index in [-0.39, 0.29) is 16.7 Å². The van der Waals surface area contributed by atoms with Gasteiger partial charge < -0.3 is 5.32 Å². The molecule has 0 fully saturated rings. The van der Waals surface area contributed by atoms with E-state index in [9.17, 15) is 10.1 Å². The van der Waals surface area contributed by atoms with E-state index in [4.69, 9.17) is 0 Å². The van der Waals surface area contributed by atoms with Crippen molar-refractivity contribution in [3.05, 3.63) is 55.3 Å². The number of nitro benzene ring substituents is 1. The number of nitrogens with one attached hydrogen (secondary N) is 1. The van der Waals surface area contributed by atoms with Crippen molar-refractivity contribution < 1.29 is 4.92 Å². The topological polar surface area (TPSA) is 55.2 Å². The van der Waals surface area contributed by atoms with Gasteiger partial charge in [0, 0.05) is 33.1 Å². The highest BCUT2D eigenvalue weighted by Gasteiger charge is 2.16. The Morgan fingerprint density at radius 3 is 2.55 bits per heavy atom. The van der Waals surface area contributed by atoms with Gasteiger partial charge in [0.15, 0.2) is 0 Å². The molecule has 0 spiro atoms. The number of aryl methyl sites for hydroxylation is 2. The zero-order chi connectivity index (χ0) is 14.9. The highest BCUT2D eigenvalue weighted by molar-refractivity contribution is 7.12. The SMILES string of the molecule is Cc1cc(C(C)Nc2cccc([N+](=O)[O-])c2C)c(C)s1. The number of nitrogens with zero attached hydrogens (tertiary/aromatic N) is 1. The molecule has 0 saturated heterocycles. The van der Waals surface area contributed by atoms with E-state index in [0.29, 0.717) is 5.56 Å². The molecule has 1 heterocycles. The number of anilines is 1. The van der Waals surface area contributed by atoms with Gasteiger partial charge in [-0.3, -0.25) is 10.1 Å². The lowest BCUT2D eigenvalue weighted by molar-refractivity contribution is -0.385. The second kappa shape index (κ2) is 5.63. The third-order valence-corrected chi connectivity index (χ3v) is 4.40. The molecule has 0 amide bonds. The average molecular weight is 290 g/mol. The van der Waals surface area contributed by atoms with Crippen LogP contribution in [0.25, 0.3) is 0 Å². The van der Waals surface area contributed by atoms with E-state index < -0.39 is 0 Å². The van der Waals surface area contributed by atoms with Crippen molar-refractivity contribution in [3.8, 4) is 0 Å². The number of hydrogen-bond donors (Lipinski definition) is 1. The monoisotopic (exact) mass is 290 g/mol. The first-order chi connectivity index (χ1) is 9.40. The molecular weight excluding hydrogens is 272 g/mol. The molecule has 0 aliphatic carbocycles. The van der Waals surface area contributed by atoms with Crippen molar-refractivity contribution in [1.29, 1.82) is 0 Å². The van der Waals surface area contributed by atoms with Gasteiger partial charge in [0.25, 0.3) is 5.69 Å². The molecule has 0 radical (unpaired) electrons. The van der Waals surface area contributed by atoms with Gasteiger partial charge in [0.2, 0.25) is 0 Å². The first-order valence-electron chi connectivity index (χ1n) is 6.47. The van der Waals surface area contributed by atoms with Crippen LogP contribution in [0.4, 0.5) is 11.4 Å². The fourth-order valence-electron chi connectivity index (χ4n) is 2.37. The van der Waals surface area contributed by atoms with Gasteiger partial charge in [-0.25, -0.2) is 0 Å². The molecule has 4 nitrogen and oxygen atoms in total. The Balaban J connectivity index is 2.28. The quantitative estimate of drug-likeness (QED) is 0.652. The van der Waals surface area contributed by atoms with Crippen LogP contribution in [0, 0.1) is 30.9 Å². The Bertz CT molecular complexity index is 649. The van der Waals surface area contributed by atoms with Gasteiger partial charge >= 0.3 is 0 Å². The molecule has 1 N–H and O–H groups in total. The molecule has 20 heavy (non-hydrogen) atoms. The largest absolute Gasteiger partial charge is 0.378 e. The smallest absolute Gasteiger partial charge is 0.274 e. The summed E-state index contributed by atoms with van der Waals surface area (Å²) in [6.07, 6.45) is 0. The first-order valence-corrected chi connectivity index (χ1v) is 7.29. The lowest BCUT2D eigenvalue weighted by Crippen LogP contribution is -2.08. The molecule has 1 aromatic heterocycles. The molecule has 1 unspecified atom stereocenters. The van der Waals surface area contributed by atoms with Gasteiger partial charge in [0.1, 0.15) is 0 Å². The first kappa shape index (κ1) is 14.5. The van der Waals surface area contributed by atoms with Crippen LogP contribution in [0.2, 0.25) is 0 Å². The Morgan fingerprint density at radius 1 is 1.30 bits per heavy atom. The normalized spacial score (nSPS) is 12.2. The van der Waals surface area contributed by atoms with Gasteiger partial charge in [-0.1, -0.05) is 6.07 Å². The van der Waals surface area contributed by atoms with Gasteiger partial charge in [-0.05, 0) is 45.4 Å². The van der Waals surface area contributed by atoms with Crippen LogP contribution in [0.1, 0.15) is 33.8 Å². The van der Waals surface area contributed by atoms with Crippen LogP contribution in [-0.2, 0) is 0 Å². The summed E-state index contributed by atoms with van der Waals surface area (Å²) in [4.78, 5) is 13.2. The van der Waals surface area contributed by atoms with E-state index in [1.165, 1.54) is 21.4 Å². The summed E-state index contributed by atoms with van der Waals surface area (Å²) in [6, 6.07) is 7.43. The average Bonchev–Trinajstić information content (AvgIpc) is 2.70. The molecule has 2 rings (SSSR count). The third-order valence-electron chi connectivity index (χ3n) is 3.42. The summed E-state index contributed by atoms with van der Waals surface area (Å²) < 4.78 is 0. The van der Waals surface area contributed by atoms with Crippen LogP contribution in [0.5, 0.6) is 0 Å². The number of nitro groups is 1. The molecule has 0 bridgehead atoms. The standard InChI is InChI=1S/C15H18N2O2S/c1-9-8-13(12(4)20-9)11(3)16-14-6-5-7-15(10(14)2)17(18)19/h5-8,11,16H,1-4H3. The van der Waals surface area contributed by atoms with Crippen molar-refractivity contribution in [2.75, 3.05) is 5.32 Å². The minimum absolute atomic E-state index is 0.126. The molecule has 0 aliphatic rings. The lowest BCUT2D eigenvalue weighted by Gasteiger charge is -2.17. The number of rotatable bonds is 4. The Labute approximate surface area is 122 Å². The van der Waals surface area contributed by atoms with Crippen LogP contribution in [0.3, 0.4) is 0 Å². The summed E-state index contributed by atoms with van der Waals surface area (Å²) in [5.41, 5.74) is 2.89. The van der Waals surface area contributed by atoms with Crippen molar-refractivity contribution in [2.45, 2.75) is 33.7 Å². The van der Waals surface area contributed by atoms with E-state index in [0.717, 1.165) is 5.69 Å². The van der Waals surface area contributed by atoms with E-state index >= 15 is 0 Å². The van der Waals surface area contributed by atoms with Gasteiger partial charge in [-0.2, -0.15) is 0 Å². The Kier molecular flexibility index (Phi) is 4.09. The predicted molar refractivity (Wildman–Crippen MR) is 83.7 cm³/mol. The minimum Gasteiger partial charge on any atom is -0.378 e. The van der Waals surface area contributed by atoms with E-state index in [2.05, 4.69) is 32.2 Å². The van der Waals surface area contributed by atoms with Crippen LogP contribution in [0.15, 0.2) is 24.3 Å². The van der Waals surface area contributed by atoms with Gasteiger partial charge in [0.05, 0.1) is 4.92 Å². The minimum atomic E-state index is -0.342. The second-order valence-electron chi connectivity index (χ2n) is 4.94. The highest BCUT2D eigenvalue weighted by Crippen LogP contribution is 2.31. The maximum Gasteiger partial charge on any atom is 0.274 e. The molecule has 1 atom stereocenters. The molecule has 0 aliphatic heterocycles. The van der Waals surface area contributed by atoms with Crippen LogP contribution < -0.4 is 5.32 Å². The number of benzene rings is 1. The zero-order valence-electron chi connectivity index (χ0n) is 12.1. The molecular formula is C15H18N2O2S. The molecule has 106 valence electrons. The maximum atomic E-state index is 11.0. The molecule has 0 saturated carbocycles. The molecule has 5 heteroatoms. The van der Waals surface area contributed by atoms with Gasteiger partial charge in [-0.15, -0.1) is 11.3 Å². The summed E-state index contributed by atoms with van der Waals surface area (Å²) in [5, 5.41) is 14.3. The number of thiophene rings is 1. The molecule has 1 aromatic carbocycles.